The van der Waals surface area contributed by atoms with Crippen molar-refractivity contribution in [3.63, 3.8) is 0 Å². The van der Waals surface area contributed by atoms with Crippen molar-refractivity contribution >= 4 is 17.5 Å². The standard InChI is InChI=1S/C10H17ClN2O2/c11-3-1-4-12-5-2-10(14)13-6-8-15-9-7-13/h1,3,12H,2,4-9H2/b3-1+. The molecule has 4 nitrogen and oxygen atoms in total. The number of carbonyl (C=O) groups excluding carboxylic acids is 1. The zero-order chi connectivity index (χ0) is 10.9. The van der Waals surface area contributed by atoms with Crippen LogP contribution in [0.5, 0.6) is 0 Å². The summed E-state index contributed by atoms with van der Waals surface area (Å²) in [7, 11) is 0. The van der Waals surface area contributed by atoms with Crippen molar-refractivity contribution in [1.29, 1.82) is 0 Å². The van der Waals surface area contributed by atoms with Crippen molar-refractivity contribution in [2.24, 2.45) is 0 Å². The fourth-order valence-electron chi connectivity index (χ4n) is 1.40. The molecule has 1 aliphatic heterocycles. The Balaban J connectivity index is 2.06. The Bertz CT molecular complexity index is 215. The number of morpholine rings is 1. The summed E-state index contributed by atoms with van der Waals surface area (Å²) in [6.45, 7) is 4.17. The largest absolute Gasteiger partial charge is 0.378 e. The topological polar surface area (TPSA) is 41.6 Å². The molecule has 0 unspecified atom stereocenters. The van der Waals surface area contributed by atoms with Gasteiger partial charge in [-0.1, -0.05) is 17.7 Å². The number of halogens is 1. The van der Waals surface area contributed by atoms with Gasteiger partial charge in [0.2, 0.25) is 5.91 Å². The summed E-state index contributed by atoms with van der Waals surface area (Å²) in [6, 6.07) is 0. The van der Waals surface area contributed by atoms with Crippen molar-refractivity contribution in [3.8, 4) is 0 Å². The molecular formula is C10H17ClN2O2. The smallest absolute Gasteiger partial charge is 0.224 e. The van der Waals surface area contributed by atoms with E-state index in [9.17, 15) is 4.79 Å². The number of ether oxygens (including phenoxy) is 1. The Morgan fingerprint density at radius 2 is 2.20 bits per heavy atom. The third-order valence-electron chi connectivity index (χ3n) is 2.23. The maximum atomic E-state index is 11.6. The van der Waals surface area contributed by atoms with Gasteiger partial charge >= 0.3 is 0 Å². The SMILES string of the molecule is O=C(CCNC/C=C/Cl)N1CCOCC1. The maximum absolute atomic E-state index is 11.6. The van der Waals surface area contributed by atoms with Gasteiger partial charge in [0.1, 0.15) is 0 Å². The van der Waals surface area contributed by atoms with E-state index in [1.807, 2.05) is 4.90 Å². The first-order valence-electron chi connectivity index (χ1n) is 5.16. The molecule has 0 bridgehead atoms. The Morgan fingerprint density at radius 1 is 1.47 bits per heavy atom. The molecule has 1 heterocycles. The molecule has 1 rings (SSSR count). The van der Waals surface area contributed by atoms with E-state index in [0.717, 1.165) is 13.1 Å². The van der Waals surface area contributed by atoms with Crippen LogP contribution < -0.4 is 5.32 Å². The third-order valence-corrected chi connectivity index (χ3v) is 2.41. The molecule has 0 aliphatic carbocycles. The first-order chi connectivity index (χ1) is 7.34. The van der Waals surface area contributed by atoms with Crippen LogP contribution in [0.15, 0.2) is 11.6 Å². The van der Waals surface area contributed by atoms with Crippen LogP contribution in [-0.2, 0) is 9.53 Å². The van der Waals surface area contributed by atoms with Crippen LogP contribution in [0.25, 0.3) is 0 Å². The van der Waals surface area contributed by atoms with Crippen LogP contribution in [0.3, 0.4) is 0 Å². The van der Waals surface area contributed by atoms with E-state index in [0.29, 0.717) is 32.7 Å². The number of hydrogen-bond acceptors (Lipinski definition) is 3. The number of rotatable bonds is 5. The number of nitrogens with one attached hydrogen (secondary N) is 1. The van der Waals surface area contributed by atoms with Crippen LogP contribution in [0.4, 0.5) is 0 Å². The zero-order valence-electron chi connectivity index (χ0n) is 8.75. The second-order valence-electron chi connectivity index (χ2n) is 3.31. The molecule has 0 spiro atoms. The maximum Gasteiger partial charge on any atom is 0.224 e. The highest BCUT2D eigenvalue weighted by Crippen LogP contribution is 1.99. The zero-order valence-corrected chi connectivity index (χ0v) is 9.50. The van der Waals surface area contributed by atoms with Gasteiger partial charge in [-0.15, -0.1) is 0 Å². The minimum atomic E-state index is 0.195. The molecule has 86 valence electrons. The summed E-state index contributed by atoms with van der Waals surface area (Å²) in [5, 5.41) is 3.11. The molecule has 0 aromatic heterocycles. The molecule has 5 heteroatoms. The van der Waals surface area contributed by atoms with Crippen molar-refractivity contribution in [1.82, 2.24) is 10.2 Å². The average Bonchev–Trinajstić information content (AvgIpc) is 2.30. The van der Waals surface area contributed by atoms with E-state index in [-0.39, 0.29) is 5.91 Å². The lowest BCUT2D eigenvalue weighted by Gasteiger charge is -2.26. The lowest BCUT2D eigenvalue weighted by molar-refractivity contribution is -0.135. The number of hydrogen-bond donors (Lipinski definition) is 1. The lowest BCUT2D eigenvalue weighted by Crippen LogP contribution is -2.41. The van der Waals surface area contributed by atoms with E-state index in [1.165, 1.54) is 5.54 Å². The van der Waals surface area contributed by atoms with Crippen LogP contribution in [-0.4, -0.2) is 50.2 Å². The van der Waals surface area contributed by atoms with Crippen LogP contribution in [0, 0.1) is 0 Å². The second kappa shape index (κ2) is 7.68. The highest BCUT2D eigenvalue weighted by atomic mass is 35.5. The fraction of sp³-hybridized carbons (Fsp3) is 0.700. The quantitative estimate of drug-likeness (QED) is 0.705. The Kier molecular flexibility index (Phi) is 6.39. The summed E-state index contributed by atoms with van der Waals surface area (Å²) >= 11 is 5.36. The molecule has 1 amide bonds. The molecule has 0 radical (unpaired) electrons. The monoisotopic (exact) mass is 232 g/mol. The lowest BCUT2D eigenvalue weighted by atomic mass is 10.3. The van der Waals surface area contributed by atoms with E-state index in [1.54, 1.807) is 6.08 Å². The summed E-state index contributed by atoms with van der Waals surface area (Å²) in [6.07, 6.45) is 2.34. The molecular weight excluding hydrogens is 216 g/mol. The van der Waals surface area contributed by atoms with Gasteiger partial charge in [0.15, 0.2) is 0 Å². The fourth-order valence-corrected chi connectivity index (χ4v) is 1.49. The number of carbonyl (C=O) groups is 1. The van der Waals surface area contributed by atoms with Gasteiger partial charge in [-0.05, 0) is 0 Å². The summed E-state index contributed by atoms with van der Waals surface area (Å²) in [5.74, 6) is 0.195. The van der Waals surface area contributed by atoms with Crippen molar-refractivity contribution < 1.29 is 9.53 Å². The first kappa shape index (κ1) is 12.5. The highest BCUT2D eigenvalue weighted by Gasteiger charge is 2.15. The van der Waals surface area contributed by atoms with E-state index < -0.39 is 0 Å². The van der Waals surface area contributed by atoms with Crippen LogP contribution in [0.2, 0.25) is 0 Å². The average molecular weight is 233 g/mol. The normalized spacial score (nSPS) is 17.3. The van der Waals surface area contributed by atoms with Gasteiger partial charge in [0, 0.05) is 38.1 Å². The van der Waals surface area contributed by atoms with Gasteiger partial charge in [-0.2, -0.15) is 0 Å². The first-order valence-corrected chi connectivity index (χ1v) is 5.59. The molecule has 0 saturated carbocycles. The predicted octanol–water partition coefficient (Wildman–Crippen LogP) is 0.577. The Labute approximate surface area is 95.2 Å². The number of amides is 1. The minimum absolute atomic E-state index is 0.195. The van der Waals surface area contributed by atoms with Crippen LogP contribution >= 0.6 is 11.6 Å². The molecule has 15 heavy (non-hydrogen) atoms. The van der Waals surface area contributed by atoms with Crippen molar-refractivity contribution in [2.45, 2.75) is 6.42 Å². The molecule has 0 atom stereocenters. The van der Waals surface area contributed by atoms with E-state index in [2.05, 4.69) is 5.32 Å². The molecule has 1 saturated heterocycles. The summed E-state index contributed by atoms with van der Waals surface area (Å²) in [4.78, 5) is 13.5. The van der Waals surface area contributed by atoms with Gasteiger partial charge in [0.05, 0.1) is 13.2 Å². The molecule has 0 aromatic carbocycles. The molecule has 0 aromatic rings. The minimum Gasteiger partial charge on any atom is -0.378 e. The Morgan fingerprint density at radius 3 is 2.87 bits per heavy atom. The second-order valence-corrected chi connectivity index (χ2v) is 3.56. The summed E-state index contributed by atoms with van der Waals surface area (Å²) < 4.78 is 5.17. The molecule has 1 aliphatic rings. The van der Waals surface area contributed by atoms with Crippen molar-refractivity contribution in [2.75, 3.05) is 39.4 Å². The van der Waals surface area contributed by atoms with Gasteiger partial charge in [0.25, 0.3) is 0 Å². The molecule has 1 N–H and O–H groups in total. The van der Waals surface area contributed by atoms with Gasteiger partial charge in [-0.3, -0.25) is 4.79 Å². The highest BCUT2D eigenvalue weighted by molar-refractivity contribution is 6.25. The van der Waals surface area contributed by atoms with E-state index in [4.69, 9.17) is 16.3 Å². The summed E-state index contributed by atoms with van der Waals surface area (Å²) in [5.41, 5.74) is 1.47. The van der Waals surface area contributed by atoms with E-state index >= 15 is 0 Å². The molecule has 1 fully saturated rings. The number of nitrogens with zero attached hydrogens (tertiary/aromatic N) is 1. The van der Waals surface area contributed by atoms with Gasteiger partial charge < -0.3 is 15.0 Å². The van der Waals surface area contributed by atoms with Gasteiger partial charge in [-0.25, -0.2) is 0 Å². The van der Waals surface area contributed by atoms with Crippen molar-refractivity contribution in [3.05, 3.63) is 11.6 Å². The Hall–Kier alpha value is -0.580. The predicted molar refractivity (Wildman–Crippen MR) is 59.9 cm³/mol. The van der Waals surface area contributed by atoms with Crippen LogP contribution in [0.1, 0.15) is 6.42 Å². The third kappa shape index (κ3) is 5.16.